The minimum Gasteiger partial charge on any atom is -0.337 e. The van der Waals surface area contributed by atoms with Crippen LogP contribution < -0.4 is 5.73 Å². The minimum atomic E-state index is -0.402. The van der Waals surface area contributed by atoms with Gasteiger partial charge < -0.3 is 10.3 Å². The second kappa shape index (κ2) is 5.38. The van der Waals surface area contributed by atoms with Gasteiger partial charge in [0.25, 0.3) is 0 Å². The van der Waals surface area contributed by atoms with Gasteiger partial charge in [-0.15, -0.1) is 23.7 Å². The second-order valence-electron chi connectivity index (χ2n) is 4.62. The SMILES string of the molecule is Cl.NC1(c2nc(-c3cccs3)no2)CCCCC1. The van der Waals surface area contributed by atoms with Crippen LogP contribution in [0.3, 0.4) is 0 Å². The summed E-state index contributed by atoms with van der Waals surface area (Å²) in [5.41, 5.74) is 5.95. The van der Waals surface area contributed by atoms with Crippen LogP contribution in [0.5, 0.6) is 0 Å². The first-order chi connectivity index (χ1) is 8.28. The van der Waals surface area contributed by atoms with E-state index in [2.05, 4.69) is 10.1 Å². The largest absolute Gasteiger partial charge is 0.337 e. The molecule has 0 amide bonds. The summed E-state index contributed by atoms with van der Waals surface area (Å²) in [7, 11) is 0. The van der Waals surface area contributed by atoms with Gasteiger partial charge >= 0.3 is 0 Å². The molecule has 1 fully saturated rings. The van der Waals surface area contributed by atoms with E-state index in [-0.39, 0.29) is 12.4 Å². The maximum absolute atomic E-state index is 6.35. The first kappa shape index (κ1) is 13.5. The lowest BCUT2D eigenvalue weighted by Crippen LogP contribution is -2.38. The Morgan fingerprint density at radius 1 is 1.28 bits per heavy atom. The molecule has 0 aromatic carbocycles. The number of halogens is 1. The Balaban J connectivity index is 0.00000120. The molecule has 0 spiro atoms. The Morgan fingerprint density at radius 2 is 2.06 bits per heavy atom. The summed E-state index contributed by atoms with van der Waals surface area (Å²) < 4.78 is 5.35. The Hall–Kier alpha value is -0.910. The van der Waals surface area contributed by atoms with Gasteiger partial charge in [-0.3, -0.25) is 0 Å². The molecule has 0 bridgehead atoms. The number of rotatable bonds is 2. The molecular formula is C12H16ClN3OS. The molecule has 2 aromatic rings. The maximum Gasteiger partial charge on any atom is 0.247 e. The van der Waals surface area contributed by atoms with Gasteiger partial charge in [0.15, 0.2) is 0 Å². The van der Waals surface area contributed by atoms with Crippen LogP contribution in [0.1, 0.15) is 38.0 Å². The normalized spacial score (nSPS) is 18.3. The zero-order valence-electron chi connectivity index (χ0n) is 9.96. The number of hydrogen-bond acceptors (Lipinski definition) is 5. The van der Waals surface area contributed by atoms with E-state index in [0.29, 0.717) is 11.7 Å². The Morgan fingerprint density at radius 3 is 2.72 bits per heavy atom. The summed E-state index contributed by atoms with van der Waals surface area (Å²) in [5, 5.41) is 6.03. The lowest BCUT2D eigenvalue weighted by molar-refractivity contribution is 0.220. The predicted molar refractivity (Wildman–Crippen MR) is 73.8 cm³/mol. The van der Waals surface area contributed by atoms with E-state index in [0.717, 1.165) is 30.6 Å². The predicted octanol–water partition coefficient (Wildman–Crippen LogP) is 3.34. The molecule has 1 saturated carbocycles. The van der Waals surface area contributed by atoms with Gasteiger partial charge in [-0.25, -0.2) is 0 Å². The zero-order valence-corrected chi connectivity index (χ0v) is 11.6. The standard InChI is InChI=1S/C12H15N3OS.ClH/c13-12(6-2-1-3-7-12)11-14-10(15-16-11)9-5-4-8-17-9;/h4-5,8H,1-3,6-7,13H2;1H. The van der Waals surface area contributed by atoms with Gasteiger partial charge in [0.2, 0.25) is 11.7 Å². The van der Waals surface area contributed by atoms with Crippen molar-refractivity contribution in [2.75, 3.05) is 0 Å². The highest BCUT2D eigenvalue weighted by Gasteiger charge is 2.35. The second-order valence-corrected chi connectivity index (χ2v) is 5.56. The third-order valence-electron chi connectivity index (χ3n) is 3.34. The number of hydrogen-bond donors (Lipinski definition) is 1. The molecule has 3 rings (SSSR count). The van der Waals surface area contributed by atoms with E-state index in [1.54, 1.807) is 11.3 Å². The molecule has 0 aliphatic heterocycles. The zero-order chi connectivity index (χ0) is 11.7. The lowest BCUT2D eigenvalue weighted by atomic mass is 9.82. The number of nitrogens with two attached hydrogens (primary N) is 1. The molecule has 0 unspecified atom stereocenters. The maximum atomic E-state index is 6.35. The first-order valence-electron chi connectivity index (χ1n) is 5.95. The lowest BCUT2D eigenvalue weighted by Gasteiger charge is -2.29. The Kier molecular flexibility index (Phi) is 4.04. The van der Waals surface area contributed by atoms with E-state index in [1.165, 1.54) is 6.42 Å². The van der Waals surface area contributed by atoms with Gasteiger partial charge in [-0.1, -0.05) is 30.5 Å². The van der Waals surface area contributed by atoms with Crippen LogP contribution in [-0.2, 0) is 5.54 Å². The summed E-state index contributed by atoms with van der Waals surface area (Å²) in [6.07, 6.45) is 5.43. The van der Waals surface area contributed by atoms with Crippen molar-refractivity contribution in [3.8, 4) is 10.7 Å². The van der Waals surface area contributed by atoms with Crippen molar-refractivity contribution in [1.29, 1.82) is 0 Å². The van der Waals surface area contributed by atoms with Crippen molar-refractivity contribution in [1.82, 2.24) is 10.1 Å². The van der Waals surface area contributed by atoms with E-state index in [4.69, 9.17) is 10.3 Å². The molecule has 1 aliphatic carbocycles. The molecule has 98 valence electrons. The van der Waals surface area contributed by atoms with Gasteiger partial charge in [0.05, 0.1) is 10.4 Å². The van der Waals surface area contributed by atoms with Crippen molar-refractivity contribution in [3.05, 3.63) is 23.4 Å². The van der Waals surface area contributed by atoms with Crippen molar-refractivity contribution in [2.45, 2.75) is 37.6 Å². The van der Waals surface area contributed by atoms with E-state index >= 15 is 0 Å². The molecule has 0 radical (unpaired) electrons. The monoisotopic (exact) mass is 285 g/mol. The molecule has 6 heteroatoms. The van der Waals surface area contributed by atoms with Crippen LogP contribution in [-0.4, -0.2) is 10.1 Å². The van der Waals surface area contributed by atoms with Crippen LogP contribution in [0.2, 0.25) is 0 Å². The summed E-state index contributed by atoms with van der Waals surface area (Å²) in [4.78, 5) is 5.48. The summed E-state index contributed by atoms with van der Waals surface area (Å²) >= 11 is 1.61. The number of nitrogens with zero attached hydrogens (tertiary/aromatic N) is 2. The average molecular weight is 286 g/mol. The minimum absolute atomic E-state index is 0. The topological polar surface area (TPSA) is 64.9 Å². The molecule has 0 atom stereocenters. The summed E-state index contributed by atoms with van der Waals surface area (Å²) in [6, 6.07) is 3.97. The molecule has 2 aromatic heterocycles. The van der Waals surface area contributed by atoms with Crippen molar-refractivity contribution >= 4 is 23.7 Å². The molecule has 1 aliphatic rings. The highest BCUT2D eigenvalue weighted by molar-refractivity contribution is 7.13. The van der Waals surface area contributed by atoms with Gasteiger partial charge in [0.1, 0.15) is 0 Å². The Labute approximate surface area is 116 Å². The average Bonchev–Trinajstić information content (AvgIpc) is 3.01. The van der Waals surface area contributed by atoms with E-state index in [9.17, 15) is 0 Å². The molecule has 0 saturated heterocycles. The van der Waals surface area contributed by atoms with Crippen LogP contribution in [0, 0.1) is 0 Å². The first-order valence-corrected chi connectivity index (χ1v) is 6.83. The van der Waals surface area contributed by atoms with Crippen molar-refractivity contribution in [2.24, 2.45) is 5.73 Å². The molecule has 4 nitrogen and oxygen atoms in total. The molecule has 18 heavy (non-hydrogen) atoms. The fourth-order valence-electron chi connectivity index (χ4n) is 2.33. The molecule has 2 heterocycles. The summed E-state index contributed by atoms with van der Waals surface area (Å²) in [6.45, 7) is 0. The van der Waals surface area contributed by atoms with Crippen LogP contribution in [0.15, 0.2) is 22.0 Å². The quantitative estimate of drug-likeness (QED) is 0.919. The van der Waals surface area contributed by atoms with Crippen molar-refractivity contribution in [3.63, 3.8) is 0 Å². The fourth-order valence-corrected chi connectivity index (χ4v) is 2.98. The van der Waals surface area contributed by atoms with Gasteiger partial charge in [0, 0.05) is 0 Å². The fraction of sp³-hybridized carbons (Fsp3) is 0.500. The number of aromatic nitrogens is 2. The molecular weight excluding hydrogens is 270 g/mol. The Bertz CT molecular complexity index is 491. The number of thiophene rings is 1. The van der Waals surface area contributed by atoms with Gasteiger partial charge in [-0.05, 0) is 24.3 Å². The van der Waals surface area contributed by atoms with Crippen molar-refractivity contribution < 1.29 is 4.52 Å². The van der Waals surface area contributed by atoms with Crippen LogP contribution in [0.25, 0.3) is 10.7 Å². The third kappa shape index (κ3) is 2.43. The highest BCUT2D eigenvalue weighted by atomic mass is 35.5. The smallest absolute Gasteiger partial charge is 0.247 e. The van der Waals surface area contributed by atoms with Crippen LogP contribution in [0.4, 0.5) is 0 Å². The highest BCUT2D eigenvalue weighted by Crippen LogP contribution is 2.34. The van der Waals surface area contributed by atoms with E-state index in [1.807, 2.05) is 17.5 Å². The third-order valence-corrected chi connectivity index (χ3v) is 4.21. The molecule has 2 N–H and O–H groups in total. The summed E-state index contributed by atoms with van der Waals surface area (Å²) in [5.74, 6) is 1.26. The van der Waals surface area contributed by atoms with Gasteiger partial charge in [-0.2, -0.15) is 4.98 Å². The van der Waals surface area contributed by atoms with Crippen LogP contribution >= 0.6 is 23.7 Å². The van der Waals surface area contributed by atoms with E-state index < -0.39 is 5.54 Å².